The third-order valence-corrected chi connectivity index (χ3v) is 13.3. The van der Waals surface area contributed by atoms with Gasteiger partial charge in [-0.25, -0.2) is 0 Å². The predicted octanol–water partition coefficient (Wildman–Crippen LogP) is 5.91. The van der Waals surface area contributed by atoms with Crippen LogP contribution in [0.5, 0.6) is 17.2 Å². The first-order valence-corrected chi connectivity index (χ1v) is 24.2. The van der Waals surface area contributed by atoms with Crippen LogP contribution in [0.1, 0.15) is 0 Å². The molecule has 0 spiro atoms. The van der Waals surface area contributed by atoms with Crippen molar-refractivity contribution in [2.75, 3.05) is 5.73 Å². The summed E-state index contributed by atoms with van der Waals surface area (Å²) in [5.74, 6) is -2.97. The van der Waals surface area contributed by atoms with Gasteiger partial charge in [0.05, 0.1) is 20.9 Å². The Balaban J connectivity index is 1.53. The summed E-state index contributed by atoms with van der Waals surface area (Å²) in [6.07, 6.45) is 0. The molecular weight excluding hydrogens is 1000 g/mol. The van der Waals surface area contributed by atoms with Crippen LogP contribution in [0.4, 0.5) is 45.5 Å². The molecule has 34 heteroatoms. The normalized spacial score (nSPS) is 13.0. The number of anilines is 1. The number of nitrogens with two attached hydrogens (primary N) is 1. The zero-order valence-electron chi connectivity index (χ0n) is 32.1. The van der Waals surface area contributed by atoms with Gasteiger partial charge in [0.1, 0.15) is 53.7 Å². The molecule has 6 rings (SSSR count). The van der Waals surface area contributed by atoms with Crippen LogP contribution in [0.15, 0.2) is 128 Å². The maximum Gasteiger partial charge on any atom is 0.298 e. The van der Waals surface area contributed by atoms with Crippen LogP contribution in [-0.2, 0) is 55.4 Å². The molecule has 0 radical (unpaired) electrons. The number of phenols is 2. The van der Waals surface area contributed by atoms with Gasteiger partial charge in [-0.1, -0.05) is 6.07 Å². The largest absolute Gasteiger partial charge is 0.505 e. The molecule has 0 fully saturated rings. The average molecular weight is 1030 g/mol. The van der Waals surface area contributed by atoms with Gasteiger partial charge in [-0.05, 0) is 48.5 Å². The van der Waals surface area contributed by atoms with Crippen molar-refractivity contribution in [3.63, 3.8) is 0 Å². The summed E-state index contributed by atoms with van der Waals surface area (Å²) >= 11 is 0. The Morgan fingerprint density at radius 1 is 0.537 bits per heavy atom. The summed E-state index contributed by atoms with van der Waals surface area (Å²) in [7, 11) is -26.5. The SMILES string of the molecule is Nc1c(N=Nc2ccc3c(O)c(N=Nc4ccc(S(=O)(=O)O)cc4OC=O)c(S(=O)(=O)O)cc3c2S(=O)(=O)O)cc(S(=O)(=O)O)c2ccc(N=Nc3ccc([N+](=O)[O-])cc3S(=O)(=O)O)c(O)c12. The number of azo groups is 3. The lowest BCUT2D eigenvalue weighted by atomic mass is 10.1. The minimum atomic E-state index is -5.61. The Kier molecular flexibility index (Phi) is 12.7. The number of carbonyl (C=O) groups excluding carboxylic acids is 1. The zero-order valence-corrected chi connectivity index (χ0v) is 36.2. The molecule has 6 aromatic rings. The fraction of sp³-hybridized carbons (Fsp3) is 0. The first-order chi connectivity index (χ1) is 30.9. The van der Waals surface area contributed by atoms with Crippen LogP contribution in [0, 0.1) is 10.1 Å². The highest BCUT2D eigenvalue weighted by molar-refractivity contribution is 7.87. The number of nitro groups is 1. The summed E-state index contributed by atoms with van der Waals surface area (Å²) in [6, 6.07) is 8.55. The molecule has 0 aromatic heterocycles. The third kappa shape index (κ3) is 10.0. The van der Waals surface area contributed by atoms with Gasteiger partial charge in [-0.3, -0.25) is 37.7 Å². The van der Waals surface area contributed by atoms with Gasteiger partial charge in [0.2, 0.25) is 0 Å². The van der Waals surface area contributed by atoms with E-state index in [0.717, 1.165) is 48.5 Å². The molecule has 0 saturated carbocycles. The second kappa shape index (κ2) is 17.4. The minimum absolute atomic E-state index is 0.192. The molecule has 0 unspecified atom stereocenters. The number of phenolic OH excluding ortho intramolecular Hbond substituents is 2. The van der Waals surface area contributed by atoms with Gasteiger partial charge in [0.25, 0.3) is 62.8 Å². The van der Waals surface area contributed by atoms with E-state index in [1.165, 1.54) is 0 Å². The highest BCUT2D eigenvalue weighted by Crippen LogP contribution is 2.48. The van der Waals surface area contributed by atoms with E-state index >= 15 is 0 Å². The van der Waals surface area contributed by atoms with Crippen LogP contribution < -0.4 is 10.5 Å². The topological polar surface area (TPSA) is 482 Å². The number of nitro benzene ring substituents is 1. The lowest BCUT2D eigenvalue weighted by molar-refractivity contribution is -0.385. The molecule has 9 N–H and O–H groups in total. The van der Waals surface area contributed by atoms with Gasteiger partial charge in [-0.2, -0.15) is 42.1 Å². The Morgan fingerprint density at radius 3 is 1.66 bits per heavy atom. The number of rotatable bonds is 14. The van der Waals surface area contributed by atoms with E-state index in [0.29, 0.717) is 24.3 Å². The molecule has 0 aliphatic heterocycles. The molecule has 0 aliphatic rings. The Labute approximate surface area is 373 Å². The standard InChI is InChI=1S/C33H22N8O21S5/c34-29-23(12-25(64(50,51)52)17-4-7-21(32(44)28(17)29)37-36-20-5-1-14(41(45)46)9-26(20)65(53,54)55)39-38-22-8-3-16-18(33(22)67(59,60)61)11-27(66(56,57)58)30(31(16)43)40-35-19-6-2-15(63(47,48)49)10-24(19)62-13-42/h1-13,43-44H,34H2,(H,47,48,49)(H,50,51,52)(H,53,54,55)(H,56,57,58)(H,59,60,61). The Bertz CT molecular complexity index is 3850. The quantitative estimate of drug-likeness (QED) is 0.0157. The first kappa shape index (κ1) is 48.9. The monoisotopic (exact) mass is 1030 g/mol. The lowest BCUT2D eigenvalue weighted by Crippen LogP contribution is -2.03. The fourth-order valence-electron chi connectivity index (χ4n) is 5.98. The van der Waals surface area contributed by atoms with Crippen LogP contribution in [0.3, 0.4) is 0 Å². The molecule has 350 valence electrons. The number of fused-ring (bicyclic) bond motifs is 2. The van der Waals surface area contributed by atoms with Crippen molar-refractivity contribution in [1.29, 1.82) is 0 Å². The number of hydrogen-bond acceptors (Lipinski definition) is 23. The van der Waals surface area contributed by atoms with E-state index < -0.39 is 164 Å². The molecule has 0 aliphatic carbocycles. The highest BCUT2D eigenvalue weighted by Gasteiger charge is 2.29. The molecule has 0 saturated heterocycles. The van der Waals surface area contributed by atoms with Crippen LogP contribution in [0.2, 0.25) is 0 Å². The maximum absolute atomic E-state index is 12.9. The number of nitrogens with zero attached hydrogens (tertiary/aromatic N) is 7. The summed E-state index contributed by atoms with van der Waals surface area (Å²) in [5, 5.41) is 52.6. The molecule has 0 bridgehead atoms. The first-order valence-electron chi connectivity index (χ1n) is 17.0. The van der Waals surface area contributed by atoms with Gasteiger partial charge in [0.15, 0.2) is 17.2 Å². The number of ether oxygens (including phenoxy) is 1. The highest BCUT2D eigenvalue weighted by atomic mass is 32.2. The summed E-state index contributed by atoms with van der Waals surface area (Å²) in [6.45, 7) is -0.192. The van der Waals surface area contributed by atoms with Crippen molar-refractivity contribution in [3.8, 4) is 17.2 Å². The van der Waals surface area contributed by atoms with Gasteiger partial charge >= 0.3 is 0 Å². The molecule has 0 atom stereocenters. The molecular formula is C33H22N8O21S5. The van der Waals surface area contributed by atoms with E-state index in [1.807, 2.05) is 0 Å². The van der Waals surface area contributed by atoms with E-state index in [2.05, 4.69) is 35.4 Å². The number of aromatic hydroxyl groups is 2. The third-order valence-electron chi connectivity index (χ3n) is 8.84. The fourth-order valence-corrected chi connectivity index (χ4v) is 9.29. The van der Waals surface area contributed by atoms with Crippen LogP contribution in [-0.4, -0.2) is 86.5 Å². The van der Waals surface area contributed by atoms with Crippen LogP contribution in [0.25, 0.3) is 21.5 Å². The minimum Gasteiger partial charge on any atom is -0.505 e. The second-order valence-electron chi connectivity index (χ2n) is 13.0. The molecule has 0 heterocycles. The summed E-state index contributed by atoms with van der Waals surface area (Å²) in [5.41, 5.74) is 0.0996. The van der Waals surface area contributed by atoms with Crippen molar-refractivity contribution >= 4 is 124 Å². The van der Waals surface area contributed by atoms with E-state index in [9.17, 15) is 90.0 Å². The van der Waals surface area contributed by atoms with Crippen molar-refractivity contribution in [3.05, 3.63) is 82.9 Å². The van der Waals surface area contributed by atoms with Crippen molar-refractivity contribution in [2.45, 2.75) is 24.5 Å². The smallest absolute Gasteiger partial charge is 0.298 e. The van der Waals surface area contributed by atoms with Crippen LogP contribution >= 0.6 is 0 Å². The number of non-ortho nitro benzene ring substituents is 1. The van der Waals surface area contributed by atoms with Crippen molar-refractivity contribution in [2.24, 2.45) is 30.7 Å². The lowest BCUT2D eigenvalue weighted by Gasteiger charge is -2.13. The number of hydrogen-bond donors (Lipinski definition) is 8. The van der Waals surface area contributed by atoms with E-state index in [4.69, 9.17) is 5.73 Å². The Hall–Kier alpha value is -7.54. The Morgan fingerprint density at radius 2 is 1.07 bits per heavy atom. The van der Waals surface area contributed by atoms with Gasteiger partial charge in [0, 0.05) is 34.4 Å². The number of nitrogen functional groups attached to an aromatic ring is 1. The number of benzene rings is 6. The van der Waals surface area contributed by atoms with Crippen molar-refractivity contribution in [1.82, 2.24) is 0 Å². The zero-order chi connectivity index (χ0) is 49.8. The average Bonchev–Trinajstić information content (AvgIpc) is 3.20. The maximum atomic E-state index is 12.9. The second-order valence-corrected chi connectivity index (χ2v) is 19.9. The van der Waals surface area contributed by atoms with Gasteiger partial charge < -0.3 is 20.7 Å². The molecule has 29 nitrogen and oxygen atoms in total. The molecule has 67 heavy (non-hydrogen) atoms. The van der Waals surface area contributed by atoms with Crippen molar-refractivity contribution < 1.29 is 89.5 Å². The van der Waals surface area contributed by atoms with E-state index in [1.54, 1.807) is 0 Å². The van der Waals surface area contributed by atoms with Gasteiger partial charge in [-0.15, -0.1) is 30.7 Å². The number of carbonyl (C=O) groups is 1. The predicted molar refractivity (Wildman–Crippen MR) is 223 cm³/mol. The molecule has 6 aromatic carbocycles. The summed E-state index contributed by atoms with van der Waals surface area (Å²) < 4.78 is 177. The van der Waals surface area contributed by atoms with E-state index in [-0.39, 0.29) is 6.47 Å². The molecule has 0 amide bonds. The summed E-state index contributed by atoms with van der Waals surface area (Å²) in [4.78, 5) is 15.6.